The summed E-state index contributed by atoms with van der Waals surface area (Å²) in [6.07, 6.45) is 11.2. The summed E-state index contributed by atoms with van der Waals surface area (Å²) < 4.78 is 2.05. The van der Waals surface area contributed by atoms with Gasteiger partial charge in [0.1, 0.15) is 6.29 Å². The van der Waals surface area contributed by atoms with Crippen LogP contribution in [0.25, 0.3) is 0 Å². The molecule has 1 fully saturated rings. The standard InChI is InChI=1S/C16H26N2O/c1-3-8-14-13-15(17-18(14)2)16(9-4-5-10-16)11-6-7-12-19/h12-13H,3-11H2,1-2H3. The normalized spacial score (nSPS) is 17.8. The Morgan fingerprint density at radius 1 is 1.42 bits per heavy atom. The molecule has 0 radical (unpaired) electrons. The van der Waals surface area contributed by atoms with E-state index in [1.165, 1.54) is 37.1 Å². The molecule has 0 saturated heterocycles. The van der Waals surface area contributed by atoms with Crippen molar-refractivity contribution in [3.8, 4) is 0 Å². The Labute approximate surface area is 116 Å². The van der Waals surface area contributed by atoms with Crippen LogP contribution < -0.4 is 0 Å². The Morgan fingerprint density at radius 3 is 2.79 bits per heavy atom. The summed E-state index contributed by atoms with van der Waals surface area (Å²) in [5, 5.41) is 4.79. The maximum absolute atomic E-state index is 10.5. The second-order valence-electron chi connectivity index (χ2n) is 5.94. The van der Waals surface area contributed by atoms with E-state index in [4.69, 9.17) is 5.10 Å². The second kappa shape index (κ2) is 6.36. The van der Waals surface area contributed by atoms with Crippen LogP contribution in [-0.2, 0) is 23.7 Å². The molecule has 0 unspecified atom stereocenters. The van der Waals surface area contributed by atoms with Crippen molar-refractivity contribution >= 4 is 6.29 Å². The van der Waals surface area contributed by atoms with Gasteiger partial charge in [-0.1, -0.05) is 26.2 Å². The summed E-state index contributed by atoms with van der Waals surface area (Å²) >= 11 is 0. The summed E-state index contributed by atoms with van der Waals surface area (Å²) in [6.45, 7) is 2.21. The SMILES string of the molecule is CCCc1cc(C2(CCCC=O)CCCC2)nn1C. The van der Waals surface area contributed by atoms with Gasteiger partial charge < -0.3 is 4.79 Å². The molecule has 1 aromatic rings. The van der Waals surface area contributed by atoms with E-state index in [0.29, 0.717) is 6.42 Å². The van der Waals surface area contributed by atoms with Gasteiger partial charge in [-0.15, -0.1) is 0 Å². The summed E-state index contributed by atoms with van der Waals surface area (Å²) in [4.78, 5) is 10.5. The topological polar surface area (TPSA) is 34.9 Å². The van der Waals surface area contributed by atoms with E-state index in [1.54, 1.807) is 0 Å². The number of carbonyl (C=O) groups excluding carboxylic acids is 1. The molecule has 19 heavy (non-hydrogen) atoms. The first-order valence-electron chi connectivity index (χ1n) is 7.69. The number of hydrogen-bond acceptors (Lipinski definition) is 2. The average Bonchev–Trinajstić information content (AvgIpc) is 2.99. The van der Waals surface area contributed by atoms with Crippen molar-refractivity contribution in [3.05, 3.63) is 17.5 Å². The number of hydrogen-bond donors (Lipinski definition) is 0. The molecule has 1 aromatic heterocycles. The molecule has 0 N–H and O–H groups in total. The highest BCUT2D eigenvalue weighted by atomic mass is 16.1. The third kappa shape index (κ3) is 3.07. The van der Waals surface area contributed by atoms with E-state index in [1.807, 2.05) is 0 Å². The molecule has 1 aliphatic rings. The molecule has 0 atom stereocenters. The number of carbonyl (C=O) groups is 1. The molecule has 1 aliphatic carbocycles. The summed E-state index contributed by atoms with van der Waals surface area (Å²) in [6, 6.07) is 2.32. The number of rotatable bonds is 7. The van der Waals surface area contributed by atoms with Gasteiger partial charge in [-0.05, 0) is 38.2 Å². The number of nitrogens with zero attached hydrogens (tertiary/aromatic N) is 2. The number of aromatic nitrogens is 2. The van der Waals surface area contributed by atoms with E-state index in [0.717, 1.165) is 32.0 Å². The molecule has 3 nitrogen and oxygen atoms in total. The van der Waals surface area contributed by atoms with Gasteiger partial charge in [-0.3, -0.25) is 4.68 Å². The van der Waals surface area contributed by atoms with Crippen LogP contribution in [0.3, 0.4) is 0 Å². The first kappa shape index (κ1) is 14.3. The quantitative estimate of drug-likeness (QED) is 0.556. The van der Waals surface area contributed by atoms with Crippen LogP contribution in [0.2, 0.25) is 0 Å². The van der Waals surface area contributed by atoms with Gasteiger partial charge >= 0.3 is 0 Å². The largest absolute Gasteiger partial charge is 0.303 e. The zero-order valence-corrected chi connectivity index (χ0v) is 12.3. The zero-order chi connectivity index (χ0) is 13.7. The van der Waals surface area contributed by atoms with Crippen molar-refractivity contribution < 1.29 is 4.79 Å². The van der Waals surface area contributed by atoms with Gasteiger partial charge in [0.25, 0.3) is 0 Å². The van der Waals surface area contributed by atoms with Gasteiger partial charge in [0.05, 0.1) is 5.69 Å². The third-order valence-electron chi connectivity index (χ3n) is 4.56. The lowest BCUT2D eigenvalue weighted by Gasteiger charge is -2.26. The van der Waals surface area contributed by atoms with Crippen molar-refractivity contribution in [2.75, 3.05) is 0 Å². The zero-order valence-electron chi connectivity index (χ0n) is 12.3. The predicted molar refractivity (Wildman–Crippen MR) is 77.3 cm³/mol. The minimum atomic E-state index is 0.257. The van der Waals surface area contributed by atoms with Crippen molar-refractivity contribution in [2.24, 2.45) is 7.05 Å². The molecule has 3 heteroatoms. The molecular formula is C16H26N2O. The molecular weight excluding hydrogens is 236 g/mol. The molecule has 0 aromatic carbocycles. The molecule has 0 bridgehead atoms. The highest BCUT2D eigenvalue weighted by molar-refractivity contribution is 5.49. The summed E-state index contributed by atoms with van der Waals surface area (Å²) in [5.74, 6) is 0. The number of aldehydes is 1. The van der Waals surface area contributed by atoms with Crippen LogP contribution in [0.5, 0.6) is 0 Å². The van der Waals surface area contributed by atoms with E-state index in [2.05, 4.69) is 24.7 Å². The molecule has 2 rings (SSSR count). The third-order valence-corrected chi connectivity index (χ3v) is 4.56. The maximum Gasteiger partial charge on any atom is 0.119 e. The van der Waals surface area contributed by atoms with Gasteiger partial charge in [0.15, 0.2) is 0 Å². The van der Waals surface area contributed by atoms with E-state index in [9.17, 15) is 4.79 Å². The average molecular weight is 262 g/mol. The highest BCUT2D eigenvalue weighted by Gasteiger charge is 2.37. The van der Waals surface area contributed by atoms with E-state index >= 15 is 0 Å². The number of unbranched alkanes of at least 4 members (excludes halogenated alkanes) is 1. The molecule has 0 amide bonds. The molecule has 0 spiro atoms. The van der Waals surface area contributed by atoms with E-state index < -0.39 is 0 Å². The van der Waals surface area contributed by atoms with Crippen LogP contribution >= 0.6 is 0 Å². The predicted octanol–water partition coefficient (Wildman–Crippen LogP) is 3.55. The van der Waals surface area contributed by atoms with Gasteiger partial charge in [0.2, 0.25) is 0 Å². The minimum Gasteiger partial charge on any atom is -0.303 e. The Hall–Kier alpha value is -1.12. The molecule has 1 heterocycles. The van der Waals surface area contributed by atoms with Crippen molar-refractivity contribution in [1.82, 2.24) is 9.78 Å². The van der Waals surface area contributed by atoms with Crippen molar-refractivity contribution in [3.63, 3.8) is 0 Å². The fourth-order valence-corrected chi connectivity index (χ4v) is 3.46. The van der Waals surface area contributed by atoms with Gasteiger partial charge in [-0.2, -0.15) is 5.10 Å². The fourth-order valence-electron chi connectivity index (χ4n) is 3.46. The van der Waals surface area contributed by atoms with E-state index in [-0.39, 0.29) is 5.41 Å². The van der Waals surface area contributed by atoms with Gasteiger partial charge in [0, 0.05) is 24.6 Å². The lowest BCUT2D eigenvalue weighted by molar-refractivity contribution is -0.108. The minimum absolute atomic E-state index is 0.257. The van der Waals surface area contributed by atoms with Crippen molar-refractivity contribution in [1.29, 1.82) is 0 Å². The van der Waals surface area contributed by atoms with Crippen molar-refractivity contribution in [2.45, 2.75) is 70.1 Å². The Kier molecular flexibility index (Phi) is 4.78. The van der Waals surface area contributed by atoms with Crippen LogP contribution in [0.4, 0.5) is 0 Å². The molecule has 0 aliphatic heterocycles. The molecule has 106 valence electrons. The smallest absolute Gasteiger partial charge is 0.119 e. The Bertz CT molecular complexity index is 416. The van der Waals surface area contributed by atoms with Crippen LogP contribution in [0, 0.1) is 0 Å². The highest BCUT2D eigenvalue weighted by Crippen LogP contribution is 2.44. The lowest BCUT2D eigenvalue weighted by Crippen LogP contribution is -2.23. The Balaban J connectivity index is 2.18. The maximum atomic E-state index is 10.5. The number of aryl methyl sites for hydroxylation is 2. The molecule has 1 saturated carbocycles. The Morgan fingerprint density at radius 2 is 2.16 bits per heavy atom. The lowest BCUT2D eigenvalue weighted by atomic mass is 9.78. The second-order valence-corrected chi connectivity index (χ2v) is 5.94. The first-order chi connectivity index (χ1) is 9.22. The first-order valence-corrected chi connectivity index (χ1v) is 7.69. The van der Waals surface area contributed by atoms with Crippen LogP contribution in [0.1, 0.15) is 69.7 Å². The van der Waals surface area contributed by atoms with Crippen LogP contribution in [0.15, 0.2) is 6.07 Å². The monoisotopic (exact) mass is 262 g/mol. The van der Waals surface area contributed by atoms with Crippen LogP contribution in [-0.4, -0.2) is 16.1 Å². The van der Waals surface area contributed by atoms with Gasteiger partial charge in [-0.25, -0.2) is 0 Å². The summed E-state index contributed by atoms with van der Waals surface area (Å²) in [5.41, 5.74) is 2.88. The fraction of sp³-hybridized carbons (Fsp3) is 0.750. The summed E-state index contributed by atoms with van der Waals surface area (Å²) in [7, 11) is 2.06.